The summed E-state index contributed by atoms with van der Waals surface area (Å²) >= 11 is 13.6. The molecule has 0 aliphatic heterocycles. The Balaban J connectivity index is 1.73. The predicted octanol–water partition coefficient (Wildman–Crippen LogP) is 5.30. The summed E-state index contributed by atoms with van der Waals surface area (Å²) in [5.74, 6) is 0.252. The molecule has 0 saturated carbocycles. The molecule has 128 valence electrons. The predicted molar refractivity (Wildman–Crippen MR) is 102 cm³/mol. The number of methoxy groups -OCH3 is 1. The van der Waals surface area contributed by atoms with Crippen molar-refractivity contribution in [2.24, 2.45) is 0 Å². The number of amides is 1. The molecular formula is C18H14Cl2N2O2S. The Kier molecular flexibility index (Phi) is 5.58. The number of thiazole rings is 1. The maximum atomic E-state index is 12.4. The lowest BCUT2D eigenvalue weighted by Crippen LogP contribution is -2.12. The molecule has 0 saturated heterocycles. The van der Waals surface area contributed by atoms with Crippen LogP contribution in [0.3, 0.4) is 0 Å². The van der Waals surface area contributed by atoms with Crippen molar-refractivity contribution in [3.05, 3.63) is 74.7 Å². The van der Waals surface area contributed by atoms with E-state index in [0.717, 1.165) is 10.4 Å². The molecule has 0 radical (unpaired) electrons. The van der Waals surface area contributed by atoms with Crippen LogP contribution < -0.4 is 10.1 Å². The number of aromatic nitrogens is 1. The van der Waals surface area contributed by atoms with E-state index in [1.54, 1.807) is 36.5 Å². The summed E-state index contributed by atoms with van der Waals surface area (Å²) in [6.07, 6.45) is 2.32. The Hall–Kier alpha value is -2.08. The first-order valence-electron chi connectivity index (χ1n) is 7.40. The second-order valence-corrected chi connectivity index (χ2v) is 7.16. The van der Waals surface area contributed by atoms with E-state index in [4.69, 9.17) is 27.9 Å². The Bertz CT molecular complexity index is 912. The Morgan fingerprint density at radius 3 is 2.84 bits per heavy atom. The second-order valence-electron chi connectivity index (χ2n) is 5.20. The fourth-order valence-electron chi connectivity index (χ4n) is 2.31. The van der Waals surface area contributed by atoms with E-state index in [-0.39, 0.29) is 5.91 Å². The van der Waals surface area contributed by atoms with E-state index >= 15 is 0 Å². The zero-order valence-electron chi connectivity index (χ0n) is 13.3. The second kappa shape index (κ2) is 7.87. The number of para-hydroxylation sites is 1. The molecule has 0 aliphatic rings. The third kappa shape index (κ3) is 4.31. The lowest BCUT2D eigenvalue weighted by molar-refractivity contribution is 0.102. The topological polar surface area (TPSA) is 51.2 Å². The van der Waals surface area contributed by atoms with Crippen molar-refractivity contribution >= 4 is 45.6 Å². The highest BCUT2D eigenvalue weighted by atomic mass is 35.5. The van der Waals surface area contributed by atoms with Gasteiger partial charge >= 0.3 is 0 Å². The van der Waals surface area contributed by atoms with Gasteiger partial charge < -0.3 is 4.74 Å². The number of carbonyl (C=O) groups excluding carboxylic acids is 1. The molecule has 1 aromatic heterocycles. The van der Waals surface area contributed by atoms with Crippen LogP contribution in [0.4, 0.5) is 5.13 Å². The van der Waals surface area contributed by atoms with Gasteiger partial charge in [-0.3, -0.25) is 10.1 Å². The molecule has 25 heavy (non-hydrogen) atoms. The van der Waals surface area contributed by atoms with Gasteiger partial charge in [0.2, 0.25) is 0 Å². The summed E-state index contributed by atoms with van der Waals surface area (Å²) in [5, 5.41) is 4.60. The molecule has 3 rings (SSSR count). The molecule has 0 aliphatic carbocycles. The number of rotatable bonds is 5. The average molecular weight is 393 g/mol. The smallest absolute Gasteiger partial charge is 0.261 e. The number of nitrogens with zero attached hydrogens (tertiary/aromatic N) is 1. The first-order chi connectivity index (χ1) is 12.1. The minimum absolute atomic E-state index is 0.265. The number of nitrogens with one attached hydrogen (secondary N) is 1. The van der Waals surface area contributed by atoms with Gasteiger partial charge in [0.05, 0.1) is 12.7 Å². The number of anilines is 1. The zero-order valence-corrected chi connectivity index (χ0v) is 15.6. The van der Waals surface area contributed by atoms with Crippen LogP contribution in [0.1, 0.15) is 20.8 Å². The summed E-state index contributed by atoms with van der Waals surface area (Å²) in [5.41, 5.74) is 1.38. The maximum absolute atomic E-state index is 12.4. The number of hydrogen-bond acceptors (Lipinski definition) is 4. The standard InChI is InChI=1S/C18H14Cl2N2O2S/c1-24-16-5-3-2-4-14(16)17(23)22-18-21-10-13(25-18)9-11-8-12(19)6-7-15(11)20/h2-8,10H,9H2,1H3,(H,21,22,23). The highest BCUT2D eigenvalue weighted by Crippen LogP contribution is 2.27. The van der Waals surface area contributed by atoms with Gasteiger partial charge in [-0.15, -0.1) is 11.3 Å². The average Bonchev–Trinajstić information content (AvgIpc) is 3.05. The van der Waals surface area contributed by atoms with Crippen molar-refractivity contribution < 1.29 is 9.53 Å². The fraction of sp³-hybridized carbons (Fsp3) is 0.111. The lowest BCUT2D eigenvalue weighted by atomic mass is 10.1. The summed E-state index contributed by atoms with van der Waals surface area (Å²) in [6, 6.07) is 12.4. The third-order valence-electron chi connectivity index (χ3n) is 3.50. The van der Waals surface area contributed by atoms with E-state index in [9.17, 15) is 4.79 Å². The molecule has 0 spiro atoms. The zero-order chi connectivity index (χ0) is 17.8. The van der Waals surface area contributed by atoms with Gasteiger partial charge in [-0.1, -0.05) is 35.3 Å². The molecule has 0 fully saturated rings. The molecule has 3 aromatic rings. The SMILES string of the molecule is COc1ccccc1C(=O)Nc1ncc(Cc2cc(Cl)ccc2Cl)s1. The molecule has 1 N–H and O–H groups in total. The summed E-state index contributed by atoms with van der Waals surface area (Å²) in [6.45, 7) is 0. The van der Waals surface area contributed by atoms with E-state index in [2.05, 4.69) is 10.3 Å². The van der Waals surface area contributed by atoms with Gasteiger partial charge in [-0.05, 0) is 35.9 Å². The molecule has 2 aromatic carbocycles. The van der Waals surface area contributed by atoms with Crippen LogP contribution in [0.5, 0.6) is 5.75 Å². The highest BCUT2D eigenvalue weighted by Gasteiger charge is 2.14. The van der Waals surface area contributed by atoms with Crippen molar-refractivity contribution in [3.8, 4) is 5.75 Å². The largest absolute Gasteiger partial charge is 0.496 e. The normalized spacial score (nSPS) is 10.5. The van der Waals surface area contributed by atoms with Gasteiger partial charge in [0.25, 0.3) is 5.91 Å². The number of halogens is 2. The van der Waals surface area contributed by atoms with E-state index in [0.29, 0.717) is 32.9 Å². The Morgan fingerprint density at radius 2 is 2.04 bits per heavy atom. The Labute approximate surface area is 159 Å². The molecule has 0 atom stereocenters. The number of ether oxygens (including phenoxy) is 1. The van der Waals surface area contributed by atoms with Crippen LogP contribution in [-0.2, 0) is 6.42 Å². The van der Waals surface area contributed by atoms with Crippen molar-refractivity contribution in [1.82, 2.24) is 4.98 Å². The summed E-state index contributed by atoms with van der Waals surface area (Å²) in [4.78, 5) is 17.6. The van der Waals surface area contributed by atoms with E-state index < -0.39 is 0 Å². The number of benzene rings is 2. The first kappa shape index (κ1) is 17.7. The minimum atomic E-state index is -0.265. The molecule has 0 bridgehead atoms. The van der Waals surface area contributed by atoms with E-state index in [1.165, 1.54) is 18.4 Å². The fourth-order valence-corrected chi connectivity index (χ4v) is 3.52. The quantitative estimate of drug-likeness (QED) is 0.640. The molecule has 1 amide bonds. The van der Waals surface area contributed by atoms with Gasteiger partial charge in [0, 0.05) is 27.5 Å². The van der Waals surface area contributed by atoms with Gasteiger partial charge in [0.1, 0.15) is 5.75 Å². The maximum Gasteiger partial charge on any atom is 0.261 e. The number of carbonyl (C=O) groups is 1. The molecular weight excluding hydrogens is 379 g/mol. The molecule has 0 unspecified atom stereocenters. The van der Waals surface area contributed by atoms with Crippen LogP contribution in [0.2, 0.25) is 10.0 Å². The van der Waals surface area contributed by atoms with Gasteiger partial charge in [0.15, 0.2) is 5.13 Å². The van der Waals surface area contributed by atoms with Crippen LogP contribution in [0.25, 0.3) is 0 Å². The van der Waals surface area contributed by atoms with E-state index in [1.807, 2.05) is 12.1 Å². The summed E-state index contributed by atoms with van der Waals surface area (Å²) < 4.78 is 5.21. The number of hydrogen-bond donors (Lipinski definition) is 1. The molecule has 4 nitrogen and oxygen atoms in total. The van der Waals surface area contributed by atoms with Gasteiger partial charge in [-0.25, -0.2) is 4.98 Å². The molecule has 7 heteroatoms. The molecule has 1 heterocycles. The van der Waals surface area contributed by atoms with Gasteiger partial charge in [-0.2, -0.15) is 0 Å². The van der Waals surface area contributed by atoms with Crippen molar-refractivity contribution in [2.45, 2.75) is 6.42 Å². The van der Waals surface area contributed by atoms with Crippen molar-refractivity contribution in [1.29, 1.82) is 0 Å². The minimum Gasteiger partial charge on any atom is -0.496 e. The summed E-state index contributed by atoms with van der Waals surface area (Å²) in [7, 11) is 1.53. The van der Waals surface area contributed by atoms with Crippen LogP contribution >= 0.6 is 34.5 Å². The third-order valence-corrected chi connectivity index (χ3v) is 5.01. The lowest BCUT2D eigenvalue weighted by Gasteiger charge is -2.07. The van der Waals surface area contributed by atoms with Crippen LogP contribution in [-0.4, -0.2) is 18.0 Å². The Morgan fingerprint density at radius 1 is 1.24 bits per heavy atom. The highest BCUT2D eigenvalue weighted by molar-refractivity contribution is 7.15. The van der Waals surface area contributed by atoms with Crippen molar-refractivity contribution in [3.63, 3.8) is 0 Å². The monoisotopic (exact) mass is 392 g/mol. The van der Waals surface area contributed by atoms with Crippen LogP contribution in [0.15, 0.2) is 48.7 Å². The first-order valence-corrected chi connectivity index (χ1v) is 8.97. The van der Waals surface area contributed by atoms with Crippen LogP contribution in [0, 0.1) is 0 Å². The van der Waals surface area contributed by atoms with Crippen molar-refractivity contribution in [2.75, 3.05) is 12.4 Å².